The van der Waals surface area contributed by atoms with Crippen molar-refractivity contribution in [3.63, 3.8) is 0 Å². The molecule has 2 rings (SSSR count). The van der Waals surface area contributed by atoms with Gasteiger partial charge in [0.1, 0.15) is 10.2 Å². The Kier molecular flexibility index (Phi) is 2.61. The van der Waals surface area contributed by atoms with Crippen LogP contribution in [0.2, 0.25) is 4.34 Å². The van der Waals surface area contributed by atoms with Gasteiger partial charge in [0.15, 0.2) is 5.75 Å². The molecule has 1 heterocycles. The first-order valence-corrected chi connectivity index (χ1v) is 5.42. The number of benzene rings is 1. The van der Waals surface area contributed by atoms with Gasteiger partial charge in [-0.2, -0.15) is 0 Å². The molecule has 0 spiro atoms. The first kappa shape index (κ1) is 9.74. The van der Waals surface area contributed by atoms with Crippen LogP contribution in [0.4, 0.5) is 4.39 Å². The van der Waals surface area contributed by atoms with E-state index in [-0.39, 0.29) is 5.82 Å². The van der Waals surface area contributed by atoms with E-state index in [0.717, 1.165) is 4.70 Å². The third-order valence-electron chi connectivity index (χ3n) is 1.87. The lowest BCUT2D eigenvalue weighted by atomic mass is 10.2. The van der Waals surface area contributed by atoms with Crippen LogP contribution in [0.5, 0.6) is 5.75 Å². The van der Waals surface area contributed by atoms with Crippen molar-refractivity contribution in [2.75, 3.05) is 6.61 Å². The zero-order valence-corrected chi connectivity index (χ0v) is 9.08. The minimum absolute atomic E-state index is 0.283. The minimum atomic E-state index is -0.283. The van der Waals surface area contributed by atoms with Crippen LogP contribution in [-0.2, 0) is 0 Å². The molecular formula is C10H8ClFOS. The van der Waals surface area contributed by atoms with E-state index in [4.69, 9.17) is 16.3 Å². The first-order chi connectivity index (χ1) is 6.74. The van der Waals surface area contributed by atoms with Gasteiger partial charge < -0.3 is 4.74 Å². The molecular weight excluding hydrogens is 223 g/mol. The molecule has 1 aromatic heterocycles. The first-order valence-electron chi connectivity index (χ1n) is 4.23. The lowest BCUT2D eigenvalue weighted by Crippen LogP contribution is -1.91. The fraction of sp³-hybridized carbons (Fsp3) is 0.200. The van der Waals surface area contributed by atoms with E-state index in [1.807, 2.05) is 13.0 Å². The quantitative estimate of drug-likeness (QED) is 0.755. The maximum atomic E-state index is 13.5. The molecule has 0 bridgehead atoms. The van der Waals surface area contributed by atoms with Crippen molar-refractivity contribution in [3.05, 3.63) is 28.4 Å². The van der Waals surface area contributed by atoms with Crippen LogP contribution in [0.3, 0.4) is 0 Å². The Balaban J connectivity index is 2.73. The van der Waals surface area contributed by atoms with Gasteiger partial charge in [-0.3, -0.25) is 0 Å². The van der Waals surface area contributed by atoms with E-state index < -0.39 is 0 Å². The summed E-state index contributed by atoms with van der Waals surface area (Å²) >= 11 is 7.28. The monoisotopic (exact) mass is 230 g/mol. The van der Waals surface area contributed by atoms with Crippen LogP contribution < -0.4 is 4.74 Å². The normalized spacial score (nSPS) is 10.8. The Morgan fingerprint density at radius 1 is 1.50 bits per heavy atom. The zero-order valence-electron chi connectivity index (χ0n) is 7.51. The molecule has 0 unspecified atom stereocenters. The second-order valence-corrected chi connectivity index (χ2v) is 4.41. The van der Waals surface area contributed by atoms with Gasteiger partial charge in [0, 0.05) is 4.70 Å². The van der Waals surface area contributed by atoms with E-state index in [2.05, 4.69) is 0 Å². The van der Waals surface area contributed by atoms with Gasteiger partial charge in [-0.15, -0.1) is 11.3 Å². The SMILES string of the molecule is CCOc1c(Cl)sc2cccc(F)c12. The summed E-state index contributed by atoms with van der Waals surface area (Å²) in [6, 6.07) is 4.91. The highest BCUT2D eigenvalue weighted by molar-refractivity contribution is 7.23. The molecule has 14 heavy (non-hydrogen) atoms. The average molecular weight is 231 g/mol. The van der Waals surface area contributed by atoms with Crippen molar-refractivity contribution in [2.45, 2.75) is 6.92 Å². The summed E-state index contributed by atoms with van der Waals surface area (Å²) in [6.45, 7) is 2.33. The summed E-state index contributed by atoms with van der Waals surface area (Å²) in [5.74, 6) is 0.182. The molecule has 74 valence electrons. The van der Waals surface area contributed by atoms with Crippen LogP contribution in [-0.4, -0.2) is 6.61 Å². The molecule has 0 saturated carbocycles. The van der Waals surface area contributed by atoms with Crippen molar-refractivity contribution in [1.29, 1.82) is 0 Å². The number of ether oxygens (including phenoxy) is 1. The molecule has 0 N–H and O–H groups in total. The lowest BCUT2D eigenvalue weighted by molar-refractivity contribution is 0.345. The van der Waals surface area contributed by atoms with E-state index in [1.165, 1.54) is 17.4 Å². The van der Waals surface area contributed by atoms with Gasteiger partial charge in [0.25, 0.3) is 0 Å². The van der Waals surface area contributed by atoms with Gasteiger partial charge in [-0.25, -0.2) is 4.39 Å². The molecule has 4 heteroatoms. The molecule has 0 radical (unpaired) electrons. The Morgan fingerprint density at radius 3 is 3.00 bits per heavy atom. The summed E-state index contributed by atoms with van der Waals surface area (Å²) in [5, 5.41) is 0.490. The molecule has 0 atom stereocenters. The summed E-state index contributed by atoms with van der Waals surface area (Å²) in [6.07, 6.45) is 0. The highest BCUT2D eigenvalue weighted by Gasteiger charge is 2.14. The number of fused-ring (bicyclic) bond motifs is 1. The van der Waals surface area contributed by atoms with Crippen LogP contribution in [0.25, 0.3) is 10.1 Å². The molecule has 0 aliphatic heterocycles. The van der Waals surface area contributed by atoms with E-state index >= 15 is 0 Å². The Morgan fingerprint density at radius 2 is 2.29 bits per heavy atom. The highest BCUT2D eigenvalue weighted by atomic mass is 35.5. The maximum Gasteiger partial charge on any atom is 0.159 e. The Bertz CT molecular complexity index is 466. The van der Waals surface area contributed by atoms with Crippen LogP contribution in [0, 0.1) is 5.82 Å². The number of rotatable bonds is 2. The number of hydrogen-bond acceptors (Lipinski definition) is 2. The second kappa shape index (κ2) is 3.75. The molecule has 0 amide bonds. The van der Waals surface area contributed by atoms with Crippen molar-refractivity contribution < 1.29 is 9.13 Å². The van der Waals surface area contributed by atoms with Gasteiger partial charge >= 0.3 is 0 Å². The zero-order chi connectivity index (χ0) is 10.1. The van der Waals surface area contributed by atoms with Gasteiger partial charge in [0.05, 0.1) is 12.0 Å². The fourth-order valence-electron chi connectivity index (χ4n) is 1.32. The smallest absolute Gasteiger partial charge is 0.159 e. The topological polar surface area (TPSA) is 9.23 Å². The molecule has 0 aliphatic carbocycles. The second-order valence-electron chi connectivity index (χ2n) is 2.75. The number of thiophene rings is 1. The average Bonchev–Trinajstić information content (AvgIpc) is 2.45. The molecule has 1 aromatic carbocycles. The highest BCUT2D eigenvalue weighted by Crippen LogP contribution is 2.42. The van der Waals surface area contributed by atoms with Gasteiger partial charge in [-0.1, -0.05) is 17.7 Å². The minimum Gasteiger partial charge on any atom is -0.491 e. The third-order valence-corrected chi connectivity index (χ3v) is 3.20. The van der Waals surface area contributed by atoms with Crippen LogP contribution >= 0.6 is 22.9 Å². The summed E-state index contributed by atoms with van der Waals surface area (Å²) in [5.41, 5.74) is 0. The third kappa shape index (κ3) is 1.47. The van der Waals surface area contributed by atoms with Crippen molar-refractivity contribution >= 4 is 33.0 Å². The van der Waals surface area contributed by atoms with Crippen LogP contribution in [0.1, 0.15) is 6.92 Å². The van der Waals surface area contributed by atoms with Gasteiger partial charge in [-0.05, 0) is 19.1 Å². The molecule has 0 saturated heterocycles. The van der Waals surface area contributed by atoms with Gasteiger partial charge in [0.2, 0.25) is 0 Å². The largest absolute Gasteiger partial charge is 0.491 e. The molecule has 0 aliphatic rings. The molecule has 2 aromatic rings. The van der Waals surface area contributed by atoms with E-state index in [9.17, 15) is 4.39 Å². The van der Waals surface area contributed by atoms with E-state index in [0.29, 0.717) is 22.1 Å². The summed E-state index contributed by atoms with van der Waals surface area (Å²) in [7, 11) is 0. The predicted molar refractivity (Wildman–Crippen MR) is 58.0 cm³/mol. The van der Waals surface area contributed by atoms with Crippen molar-refractivity contribution in [3.8, 4) is 5.75 Å². The molecule has 1 nitrogen and oxygen atoms in total. The number of hydrogen-bond donors (Lipinski definition) is 0. The number of halogens is 2. The fourth-order valence-corrected chi connectivity index (χ4v) is 2.61. The van der Waals surface area contributed by atoms with E-state index in [1.54, 1.807) is 6.07 Å². The van der Waals surface area contributed by atoms with Crippen molar-refractivity contribution in [2.24, 2.45) is 0 Å². The Labute approximate surface area is 90.1 Å². The van der Waals surface area contributed by atoms with Crippen LogP contribution in [0.15, 0.2) is 18.2 Å². The van der Waals surface area contributed by atoms with Crippen molar-refractivity contribution in [1.82, 2.24) is 0 Å². The molecule has 0 fully saturated rings. The predicted octanol–water partition coefficient (Wildman–Crippen LogP) is 4.09. The lowest BCUT2D eigenvalue weighted by Gasteiger charge is -2.01. The maximum absolute atomic E-state index is 13.5. The summed E-state index contributed by atoms with van der Waals surface area (Å²) in [4.78, 5) is 0. The standard InChI is InChI=1S/C10H8ClFOS/c1-2-13-9-8-6(12)4-3-5-7(8)14-10(9)11/h3-5H,2H2,1H3. The Hall–Kier alpha value is -0.800. The summed E-state index contributed by atoms with van der Waals surface area (Å²) < 4.78 is 20.1.